The number of benzene rings is 1. The molecule has 3 atom stereocenters. The molecule has 0 radical (unpaired) electrons. The van der Waals surface area contributed by atoms with Gasteiger partial charge in [-0.15, -0.1) is 0 Å². The maximum Gasteiger partial charge on any atom is 0.0114 e. The Morgan fingerprint density at radius 1 is 1.08 bits per heavy atom. The summed E-state index contributed by atoms with van der Waals surface area (Å²) >= 11 is 0. The molecule has 2 bridgehead atoms. The molecule has 2 N–H and O–H groups in total. The molecule has 1 aromatic rings. The first-order chi connectivity index (χ1) is 5.86. The van der Waals surface area contributed by atoms with Crippen molar-refractivity contribution in [2.75, 3.05) is 0 Å². The Kier molecular flexibility index (Phi) is 1.17. The molecule has 3 rings (SSSR count). The van der Waals surface area contributed by atoms with E-state index in [9.17, 15) is 0 Å². The van der Waals surface area contributed by atoms with Crippen LogP contribution in [-0.4, -0.2) is 6.04 Å². The minimum absolute atomic E-state index is 0.435. The number of fused-ring (bicyclic) bond motifs is 5. The van der Waals surface area contributed by atoms with Crippen LogP contribution >= 0.6 is 0 Å². The number of hydrogen-bond donors (Lipinski definition) is 1. The van der Waals surface area contributed by atoms with E-state index >= 15 is 0 Å². The molecule has 0 saturated heterocycles. The predicted octanol–water partition coefficient (Wildman–Crippen LogP) is 1.99. The molecular formula is C11H13N. The molecule has 0 spiro atoms. The van der Waals surface area contributed by atoms with Crippen LogP contribution in [0.25, 0.3) is 0 Å². The van der Waals surface area contributed by atoms with Gasteiger partial charge >= 0.3 is 0 Å². The maximum absolute atomic E-state index is 6.03. The summed E-state index contributed by atoms with van der Waals surface area (Å²) < 4.78 is 0. The average Bonchev–Trinajstić information content (AvgIpc) is 2.62. The SMILES string of the molecule is N[C@@H]1C[C@@H]2C[C@H]1c1ccccc12. The second-order valence-corrected chi connectivity index (χ2v) is 4.07. The lowest BCUT2D eigenvalue weighted by Crippen LogP contribution is -2.25. The third-order valence-corrected chi connectivity index (χ3v) is 3.45. The van der Waals surface area contributed by atoms with Gasteiger partial charge in [-0.3, -0.25) is 0 Å². The molecule has 1 saturated carbocycles. The van der Waals surface area contributed by atoms with Crippen LogP contribution in [-0.2, 0) is 0 Å². The van der Waals surface area contributed by atoms with Crippen molar-refractivity contribution in [1.29, 1.82) is 0 Å². The highest BCUT2D eigenvalue weighted by Gasteiger charge is 2.41. The van der Waals surface area contributed by atoms with Crippen LogP contribution in [0.2, 0.25) is 0 Å². The predicted molar refractivity (Wildman–Crippen MR) is 49.1 cm³/mol. The fourth-order valence-corrected chi connectivity index (χ4v) is 2.90. The minimum atomic E-state index is 0.435. The molecule has 1 fully saturated rings. The van der Waals surface area contributed by atoms with Crippen molar-refractivity contribution < 1.29 is 0 Å². The summed E-state index contributed by atoms with van der Waals surface area (Å²) in [5.41, 5.74) is 9.14. The van der Waals surface area contributed by atoms with Gasteiger partial charge in [-0.1, -0.05) is 24.3 Å². The Bertz CT molecular complexity index is 319. The third-order valence-electron chi connectivity index (χ3n) is 3.45. The van der Waals surface area contributed by atoms with Crippen LogP contribution in [0.3, 0.4) is 0 Å². The van der Waals surface area contributed by atoms with Crippen molar-refractivity contribution >= 4 is 0 Å². The van der Waals surface area contributed by atoms with Crippen LogP contribution < -0.4 is 5.73 Å². The fraction of sp³-hybridized carbons (Fsp3) is 0.455. The van der Waals surface area contributed by atoms with Crippen molar-refractivity contribution in [3.05, 3.63) is 35.4 Å². The quantitative estimate of drug-likeness (QED) is 0.615. The Morgan fingerprint density at radius 2 is 1.83 bits per heavy atom. The summed E-state index contributed by atoms with van der Waals surface area (Å²) in [5, 5.41) is 0. The summed E-state index contributed by atoms with van der Waals surface area (Å²) in [7, 11) is 0. The molecule has 0 aliphatic heterocycles. The van der Waals surface area contributed by atoms with Crippen LogP contribution in [0, 0.1) is 0 Å². The van der Waals surface area contributed by atoms with E-state index < -0.39 is 0 Å². The Labute approximate surface area is 72.6 Å². The van der Waals surface area contributed by atoms with E-state index in [1.54, 1.807) is 5.56 Å². The van der Waals surface area contributed by atoms with E-state index in [1.165, 1.54) is 18.4 Å². The molecule has 0 amide bonds. The van der Waals surface area contributed by atoms with E-state index in [4.69, 9.17) is 5.73 Å². The second kappa shape index (κ2) is 2.11. The smallest absolute Gasteiger partial charge is 0.0114 e. The lowest BCUT2D eigenvalue weighted by Gasteiger charge is -2.20. The van der Waals surface area contributed by atoms with Gasteiger partial charge in [0.25, 0.3) is 0 Å². The molecular weight excluding hydrogens is 146 g/mol. The second-order valence-electron chi connectivity index (χ2n) is 4.07. The van der Waals surface area contributed by atoms with Gasteiger partial charge in [0.1, 0.15) is 0 Å². The average molecular weight is 159 g/mol. The molecule has 1 heteroatoms. The fourth-order valence-electron chi connectivity index (χ4n) is 2.90. The van der Waals surface area contributed by atoms with E-state index in [2.05, 4.69) is 24.3 Å². The molecule has 2 aliphatic carbocycles. The molecule has 12 heavy (non-hydrogen) atoms. The first kappa shape index (κ1) is 6.67. The molecule has 1 aromatic carbocycles. The van der Waals surface area contributed by atoms with E-state index in [1.807, 2.05) is 0 Å². The standard InChI is InChI=1S/C11H13N/c12-11-6-7-5-10(11)9-4-2-1-3-8(7)9/h1-4,7,10-11H,5-6,12H2/t7-,10-,11+/m0/s1. The van der Waals surface area contributed by atoms with Crippen molar-refractivity contribution in [3.8, 4) is 0 Å². The van der Waals surface area contributed by atoms with Gasteiger partial charge in [0.05, 0.1) is 0 Å². The minimum Gasteiger partial charge on any atom is -0.327 e. The zero-order chi connectivity index (χ0) is 8.13. The van der Waals surface area contributed by atoms with Crippen molar-refractivity contribution in [1.82, 2.24) is 0 Å². The van der Waals surface area contributed by atoms with Crippen molar-refractivity contribution in [2.45, 2.75) is 30.7 Å². The van der Waals surface area contributed by atoms with E-state index in [0.717, 1.165) is 5.92 Å². The summed E-state index contributed by atoms with van der Waals surface area (Å²) in [6.45, 7) is 0. The lowest BCUT2D eigenvalue weighted by atomic mass is 9.89. The zero-order valence-corrected chi connectivity index (χ0v) is 7.03. The molecule has 0 unspecified atom stereocenters. The van der Waals surface area contributed by atoms with Crippen molar-refractivity contribution in [3.63, 3.8) is 0 Å². The lowest BCUT2D eigenvalue weighted by molar-refractivity contribution is 0.595. The van der Waals surface area contributed by atoms with Gasteiger partial charge in [-0.2, -0.15) is 0 Å². The largest absolute Gasteiger partial charge is 0.327 e. The summed E-state index contributed by atoms with van der Waals surface area (Å²) in [4.78, 5) is 0. The molecule has 62 valence electrons. The highest BCUT2D eigenvalue weighted by molar-refractivity contribution is 5.42. The van der Waals surface area contributed by atoms with Crippen LogP contribution in [0.5, 0.6) is 0 Å². The van der Waals surface area contributed by atoms with Gasteiger partial charge in [0.2, 0.25) is 0 Å². The molecule has 1 nitrogen and oxygen atoms in total. The van der Waals surface area contributed by atoms with Gasteiger partial charge in [0.15, 0.2) is 0 Å². The summed E-state index contributed by atoms with van der Waals surface area (Å²) in [6.07, 6.45) is 2.52. The van der Waals surface area contributed by atoms with Gasteiger partial charge < -0.3 is 5.73 Å². The Morgan fingerprint density at radius 3 is 2.67 bits per heavy atom. The third kappa shape index (κ3) is 0.674. The first-order valence-corrected chi connectivity index (χ1v) is 4.70. The number of nitrogens with two attached hydrogens (primary N) is 1. The van der Waals surface area contributed by atoms with Crippen molar-refractivity contribution in [2.24, 2.45) is 5.73 Å². The Balaban J connectivity index is 2.17. The number of rotatable bonds is 0. The normalized spacial score (nSPS) is 36.9. The topological polar surface area (TPSA) is 26.0 Å². The maximum atomic E-state index is 6.03. The molecule has 0 aromatic heterocycles. The van der Waals surface area contributed by atoms with Gasteiger partial charge in [-0.25, -0.2) is 0 Å². The van der Waals surface area contributed by atoms with Crippen LogP contribution in [0.4, 0.5) is 0 Å². The van der Waals surface area contributed by atoms with E-state index in [-0.39, 0.29) is 0 Å². The van der Waals surface area contributed by atoms with Gasteiger partial charge in [0, 0.05) is 6.04 Å². The van der Waals surface area contributed by atoms with Crippen LogP contribution in [0.15, 0.2) is 24.3 Å². The molecule has 2 aliphatic rings. The number of hydrogen-bond acceptors (Lipinski definition) is 1. The first-order valence-electron chi connectivity index (χ1n) is 4.70. The summed E-state index contributed by atoms with van der Waals surface area (Å²) in [6, 6.07) is 9.23. The zero-order valence-electron chi connectivity index (χ0n) is 7.03. The summed E-state index contributed by atoms with van der Waals surface area (Å²) in [5.74, 6) is 1.45. The highest BCUT2D eigenvalue weighted by Crippen LogP contribution is 2.51. The van der Waals surface area contributed by atoms with Crippen LogP contribution in [0.1, 0.15) is 35.8 Å². The van der Waals surface area contributed by atoms with Gasteiger partial charge in [-0.05, 0) is 35.8 Å². The van der Waals surface area contributed by atoms with E-state index in [0.29, 0.717) is 12.0 Å². The molecule has 0 heterocycles. The monoisotopic (exact) mass is 159 g/mol. The highest BCUT2D eigenvalue weighted by atomic mass is 14.7. The Hall–Kier alpha value is -0.820.